The maximum Gasteiger partial charge on any atom is 0.311 e. The van der Waals surface area contributed by atoms with Crippen molar-refractivity contribution < 1.29 is 14.4 Å². The highest BCUT2D eigenvalue weighted by Crippen LogP contribution is 2.28. The quantitative estimate of drug-likeness (QED) is 0.461. The van der Waals surface area contributed by atoms with E-state index >= 15 is 0 Å². The van der Waals surface area contributed by atoms with Crippen LogP contribution in [0.25, 0.3) is 0 Å². The highest BCUT2D eigenvalue weighted by Gasteiger charge is 2.15. The molecule has 0 fully saturated rings. The monoisotopic (exact) mass is 307 g/mol. The molecule has 0 atom stereocenters. The number of hydrogen-bond donors (Lipinski definition) is 0. The number of methoxy groups -OCH3 is 1. The Hall–Kier alpha value is -2.27. The molecule has 0 aliphatic rings. The Morgan fingerprint density at radius 3 is 2.62 bits per heavy atom. The highest BCUT2D eigenvalue weighted by molar-refractivity contribution is 6.17. The van der Waals surface area contributed by atoms with Crippen LogP contribution in [0.3, 0.4) is 0 Å². The fourth-order valence-corrected chi connectivity index (χ4v) is 2.10. The van der Waals surface area contributed by atoms with Gasteiger partial charge in [-0.15, -0.1) is 11.6 Å². The number of rotatable bonds is 6. The van der Waals surface area contributed by atoms with Crippen LogP contribution in [0.5, 0.6) is 11.5 Å². The summed E-state index contributed by atoms with van der Waals surface area (Å²) in [5.74, 6) is 1.25. The Bertz CT molecular complexity index is 645. The average molecular weight is 308 g/mol. The molecular formula is C15H14ClNO4. The van der Waals surface area contributed by atoms with Gasteiger partial charge in [0.25, 0.3) is 0 Å². The first-order valence-corrected chi connectivity index (χ1v) is 6.77. The van der Waals surface area contributed by atoms with E-state index in [0.29, 0.717) is 17.2 Å². The van der Waals surface area contributed by atoms with Gasteiger partial charge >= 0.3 is 5.69 Å². The molecule has 0 saturated carbocycles. The van der Waals surface area contributed by atoms with E-state index in [9.17, 15) is 10.1 Å². The summed E-state index contributed by atoms with van der Waals surface area (Å²) >= 11 is 5.83. The fourth-order valence-electron chi connectivity index (χ4n) is 1.88. The van der Waals surface area contributed by atoms with Gasteiger partial charge in [-0.2, -0.15) is 0 Å². The summed E-state index contributed by atoms with van der Waals surface area (Å²) < 4.78 is 10.6. The number of nitrogens with zero attached hydrogens (tertiary/aromatic N) is 1. The largest absolute Gasteiger partial charge is 0.490 e. The lowest BCUT2D eigenvalue weighted by Crippen LogP contribution is -2.00. The molecule has 110 valence electrons. The average Bonchev–Trinajstić information content (AvgIpc) is 2.52. The zero-order valence-electron chi connectivity index (χ0n) is 11.4. The van der Waals surface area contributed by atoms with Gasteiger partial charge in [-0.05, 0) is 17.7 Å². The number of para-hydroxylation sites is 1. The van der Waals surface area contributed by atoms with Crippen molar-refractivity contribution in [1.82, 2.24) is 0 Å². The summed E-state index contributed by atoms with van der Waals surface area (Å²) in [6.45, 7) is 0.221. The molecule has 21 heavy (non-hydrogen) atoms. The van der Waals surface area contributed by atoms with Crippen molar-refractivity contribution in [2.75, 3.05) is 7.11 Å². The molecule has 0 saturated heterocycles. The zero-order valence-corrected chi connectivity index (χ0v) is 12.2. The lowest BCUT2D eigenvalue weighted by molar-refractivity contribution is -0.385. The smallest absolute Gasteiger partial charge is 0.311 e. The molecule has 2 aromatic carbocycles. The summed E-state index contributed by atoms with van der Waals surface area (Å²) in [5.41, 5.74) is 1.48. The van der Waals surface area contributed by atoms with Gasteiger partial charge in [0.15, 0.2) is 5.75 Å². The van der Waals surface area contributed by atoms with Crippen LogP contribution in [-0.2, 0) is 12.5 Å². The number of halogens is 1. The number of benzene rings is 2. The van der Waals surface area contributed by atoms with Crippen molar-refractivity contribution in [3.63, 3.8) is 0 Å². The minimum absolute atomic E-state index is 0.0794. The third-order valence-electron chi connectivity index (χ3n) is 2.95. The van der Waals surface area contributed by atoms with E-state index in [1.54, 1.807) is 12.1 Å². The van der Waals surface area contributed by atoms with Gasteiger partial charge in [-0.25, -0.2) is 0 Å². The second-order valence-corrected chi connectivity index (χ2v) is 4.56. The lowest BCUT2D eigenvalue weighted by atomic mass is 10.2. The predicted octanol–water partition coefficient (Wildman–Crippen LogP) is 3.92. The molecule has 0 bridgehead atoms. The third-order valence-corrected chi connectivity index (χ3v) is 3.24. The van der Waals surface area contributed by atoms with Crippen molar-refractivity contribution >= 4 is 17.3 Å². The molecule has 0 N–H and O–H groups in total. The lowest BCUT2D eigenvalue weighted by Gasteiger charge is -2.10. The van der Waals surface area contributed by atoms with Gasteiger partial charge in [0, 0.05) is 11.6 Å². The maximum absolute atomic E-state index is 11.0. The van der Waals surface area contributed by atoms with Crippen LogP contribution in [0.1, 0.15) is 11.1 Å². The summed E-state index contributed by atoms with van der Waals surface area (Å²) in [6.07, 6.45) is 0. The topological polar surface area (TPSA) is 61.6 Å². The summed E-state index contributed by atoms with van der Waals surface area (Å²) in [7, 11) is 1.40. The first kappa shape index (κ1) is 15.1. The molecule has 0 radical (unpaired) electrons. The van der Waals surface area contributed by atoms with E-state index in [2.05, 4.69) is 0 Å². The van der Waals surface area contributed by atoms with Crippen molar-refractivity contribution in [3.05, 3.63) is 63.7 Å². The first-order valence-electron chi connectivity index (χ1n) is 6.23. The number of ether oxygens (including phenoxy) is 2. The van der Waals surface area contributed by atoms with E-state index in [4.69, 9.17) is 21.1 Å². The summed E-state index contributed by atoms with van der Waals surface area (Å²) in [4.78, 5) is 10.5. The Labute approximate surface area is 127 Å². The molecule has 0 amide bonds. The van der Waals surface area contributed by atoms with Crippen LogP contribution in [0, 0.1) is 10.1 Å². The molecule has 2 aromatic rings. The van der Waals surface area contributed by atoms with E-state index in [-0.39, 0.29) is 18.0 Å². The van der Waals surface area contributed by atoms with Crippen molar-refractivity contribution in [3.8, 4) is 11.5 Å². The first-order chi connectivity index (χ1) is 10.2. The summed E-state index contributed by atoms with van der Waals surface area (Å²) in [6, 6.07) is 12.2. The molecular weight excluding hydrogens is 294 g/mol. The van der Waals surface area contributed by atoms with Crippen molar-refractivity contribution in [2.45, 2.75) is 12.5 Å². The standard InChI is InChI=1S/C15H14ClNO4/c1-20-15-7-6-11(8-13(15)17(18)19)10-21-14-5-3-2-4-12(14)9-16/h2-8H,9-10H2,1H3. The Kier molecular flexibility index (Phi) is 5.00. The second kappa shape index (κ2) is 6.95. The van der Waals surface area contributed by atoms with E-state index in [1.807, 2.05) is 24.3 Å². The number of hydrogen-bond acceptors (Lipinski definition) is 4. The number of nitro groups is 1. The SMILES string of the molecule is COc1ccc(COc2ccccc2CCl)cc1[N+](=O)[O-]. The molecule has 0 unspecified atom stereocenters. The maximum atomic E-state index is 11.0. The van der Waals surface area contributed by atoms with Crippen LogP contribution in [-0.4, -0.2) is 12.0 Å². The fraction of sp³-hybridized carbons (Fsp3) is 0.200. The van der Waals surface area contributed by atoms with Crippen LogP contribution >= 0.6 is 11.6 Å². The zero-order chi connectivity index (χ0) is 15.2. The molecule has 6 heteroatoms. The third kappa shape index (κ3) is 3.64. The minimum Gasteiger partial charge on any atom is -0.490 e. The van der Waals surface area contributed by atoms with Crippen LogP contribution < -0.4 is 9.47 Å². The Morgan fingerprint density at radius 1 is 1.19 bits per heavy atom. The van der Waals surface area contributed by atoms with Crippen LogP contribution in [0.15, 0.2) is 42.5 Å². The van der Waals surface area contributed by atoms with Gasteiger partial charge in [0.2, 0.25) is 0 Å². The van der Waals surface area contributed by atoms with Gasteiger partial charge in [-0.3, -0.25) is 10.1 Å². The van der Waals surface area contributed by atoms with E-state index in [1.165, 1.54) is 13.2 Å². The molecule has 0 heterocycles. The normalized spacial score (nSPS) is 10.2. The Balaban J connectivity index is 2.17. The molecule has 5 nitrogen and oxygen atoms in total. The number of alkyl halides is 1. The highest BCUT2D eigenvalue weighted by atomic mass is 35.5. The van der Waals surface area contributed by atoms with E-state index in [0.717, 1.165) is 5.56 Å². The molecule has 0 spiro atoms. The molecule has 2 rings (SSSR count). The van der Waals surface area contributed by atoms with Gasteiger partial charge in [0.05, 0.1) is 17.9 Å². The second-order valence-electron chi connectivity index (χ2n) is 4.29. The predicted molar refractivity (Wildman–Crippen MR) is 80.0 cm³/mol. The van der Waals surface area contributed by atoms with Crippen LogP contribution in [0.2, 0.25) is 0 Å². The van der Waals surface area contributed by atoms with Crippen molar-refractivity contribution in [1.29, 1.82) is 0 Å². The molecule has 0 aliphatic heterocycles. The number of nitro benzene ring substituents is 1. The minimum atomic E-state index is -0.477. The molecule has 0 aromatic heterocycles. The van der Waals surface area contributed by atoms with Crippen LogP contribution in [0.4, 0.5) is 5.69 Å². The van der Waals surface area contributed by atoms with Gasteiger partial charge in [0.1, 0.15) is 12.4 Å². The van der Waals surface area contributed by atoms with Gasteiger partial charge in [-0.1, -0.05) is 24.3 Å². The van der Waals surface area contributed by atoms with E-state index < -0.39 is 4.92 Å². The van der Waals surface area contributed by atoms with Gasteiger partial charge < -0.3 is 9.47 Å². The molecule has 0 aliphatic carbocycles. The Morgan fingerprint density at radius 2 is 1.95 bits per heavy atom. The summed E-state index contributed by atoms with van der Waals surface area (Å²) in [5, 5.41) is 11.0. The van der Waals surface area contributed by atoms with Crippen molar-refractivity contribution in [2.24, 2.45) is 0 Å².